The molecule has 1 aromatic heterocycles. The summed E-state index contributed by atoms with van der Waals surface area (Å²) in [5.74, 6) is -0.435. The predicted molar refractivity (Wildman–Crippen MR) is 130 cm³/mol. The van der Waals surface area contributed by atoms with Crippen LogP contribution in [0.15, 0.2) is 64.2 Å². The maximum absolute atomic E-state index is 13.2. The van der Waals surface area contributed by atoms with Crippen molar-refractivity contribution in [1.29, 1.82) is 0 Å². The minimum Gasteiger partial charge on any atom is -0.384 e. The number of benzene rings is 2. The first-order valence-electron chi connectivity index (χ1n) is 11.1. The van der Waals surface area contributed by atoms with Crippen molar-refractivity contribution < 1.29 is 4.79 Å². The Hall–Kier alpha value is -3.65. The van der Waals surface area contributed by atoms with Crippen LogP contribution in [0.5, 0.6) is 0 Å². The molecule has 0 saturated carbocycles. The molecule has 2 N–H and O–H groups in total. The van der Waals surface area contributed by atoms with Gasteiger partial charge >= 0.3 is 5.69 Å². The van der Waals surface area contributed by atoms with Gasteiger partial charge in [-0.25, -0.2) is 4.79 Å². The van der Waals surface area contributed by atoms with E-state index in [4.69, 9.17) is 5.73 Å². The van der Waals surface area contributed by atoms with Gasteiger partial charge in [0.2, 0.25) is 0 Å². The van der Waals surface area contributed by atoms with Crippen LogP contribution in [0, 0.1) is 6.92 Å². The molecule has 0 radical (unpaired) electrons. The third-order valence-corrected chi connectivity index (χ3v) is 6.24. The van der Waals surface area contributed by atoms with Gasteiger partial charge in [-0.1, -0.05) is 48.5 Å². The van der Waals surface area contributed by atoms with Crippen LogP contribution in [0.4, 0.5) is 11.5 Å². The number of nitrogens with zero attached hydrogens (tertiary/aromatic N) is 4. The van der Waals surface area contributed by atoms with E-state index in [1.165, 1.54) is 22.9 Å². The number of aromatic nitrogens is 2. The summed E-state index contributed by atoms with van der Waals surface area (Å²) in [7, 11) is 1.38. The van der Waals surface area contributed by atoms with E-state index in [1.807, 2.05) is 47.4 Å². The van der Waals surface area contributed by atoms with E-state index in [0.29, 0.717) is 13.1 Å². The number of anilines is 2. The lowest BCUT2D eigenvalue weighted by atomic mass is 10.1. The van der Waals surface area contributed by atoms with Crippen LogP contribution in [0.1, 0.15) is 21.5 Å². The Morgan fingerprint density at radius 3 is 2.24 bits per heavy atom. The Kier molecular flexibility index (Phi) is 6.46. The van der Waals surface area contributed by atoms with Gasteiger partial charge < -0.3 is 10.6 Å². The average Bonchev–Trinajstić information content (AvgIpc) is 2.82. The highest BCUT2D eigenvalue weighted by Crippen LogP contribution is 2.21. The number of hydrogen-bond donors (Lipinski definition) is 1. The van der Waals surface area contributed by atoms with E-state index in [2.05, 4.69) is 24.0 Å². The van der Waals surface area contributed by atoms with Crippen LogP contribution in [-0.2, 0) is 13.6 Å². The molecule has 0 bridgehead atoms. The molecule has 8 nitrogen and oxygen atoms in total. The van der Waals surface area contributed by atoms with Crippen molar-refractivity contribution in [2.24, 2.45) is 7.05 Å². The molecule has 8 heteroatoms. The van der Waals surface area contributed by atoms with E-state index in [-0.39, 0.29) is 30.3 Å². The molecule has 2 aromatic carbocycles. The number of nitrogens with two attached hydrogens (primary N) is 1. The highest BCUT2D eigenvalue weighted by molar-refractivity contribution is 6.01. The smallest absolute Gasteiger partial charge is 0.332 e. The quantitative estimate of drug-likeness (QED) is 0.576. The van der Waals surface area contributed by atoms with E-state index < -0.39 is 11.2 Å². The summed E-state index contributed by atoms with van der Waals surface area (Å²) in [5, 5.41) is 0. The number of Topliss-reactive ketones (excluding diaryl/α,β-unsaturated/α-hetero) is 1. The highest BCUT2D eigenvalue weighted by atomic mass is 16.2. The summed E-state index contributed by atoms with van der Waals surface area (Å²) in [5.41, 5.74) is 8.20. The van der Waals surface area contributed by atoms with Crippen molar-refractivity contribution in [2.75, 3.05) is 43.4 Å². The van der Waals surface area contributed by atoms with Crippen LogP contribution in [-0.4, -0.2) is 52.5 Å². The number of rotatable bonds is 6. The van der Waals surface area contributed by atoms with Gasteiger partial charge in [-0.3, -0.25) is 23.6 Å². The molecule has 1 aliphatic rings. The molecule has 1 aliphatic heterocycles. The fraction of sp³-hybridized carbons (Fsp3) is 0.320. The van der Waals surface area contributed by atoms with Gasteiger partial charge in [0.1, 0.15) is 11.4 Å². The van der Waals surface area contributed by atoms with Crippen molar-refractivity contribution in [3.63, 3.8) is 0 Å². The standard InChI is InChI=1S/C25H29N5O3/c1-18-8-6-7-11-20(18)29-14-12-28(13-15-29)17-21(31)22-23(26)30(25(33)27(2)24(22)32)16-19-9-4-3-5-10-19/h3-11H,12-17,26H2,1-2H3. The minimum absolute atomic E-state index is 0.0736. The van der Waals surface area contributed by atoms with Crippen molar-refractivity contribution in [1.82, 2.24) is 14.0 Å². The molecule has 0 spiro atoms. The van der Waals surface area contributed by atoms with Crippen molar-refractivity contribution in [3.05, 3.63) is 92.1 Å². The van der Waals surface area contributed by atoms with Crippen molar-refractivity contribution in [3.8, 4) is 0 Å². The zero-order chi connectivity index (χ0) is 23.5. The van der Waals surface area contributed by atoms with Gasteiger partial charge in [-0.15, -0.1) is 0 Å². The summed E-state index contributed by atoms with van der Waals surface area (Å²) >= 11 is 0. The van der Waals surface area contributed by atoms with Gasteiger partial charge in [-0.05, 0) is 24.1 Å². The second-order valence-corrected chi connectivity index (χ2v) is 8.45. The molecule has 0 atom stereocenters. The van der Waals surface area contributed by atoms with E-state index in [9.17, 15) is 14.4 Å². The minimum atomic E-state index is -0.648. The lowest BCUT2D eigenvalue weighted by Gasteiger charge is -2.36. The Balaban J connectivity index is 1.52. The molecule has 1 saturated heterocycles. The first-order chi connectivity index (χ1) is 15.9. The number of para-hydroxylation sites is 1. The van der Waals surface area contributed by atoms with Gasteiger partial charge in [0.05, 0.1) is 13.1 Å². The molecule has 2 heterocycles. The number of nitrogen functional groups attached to an aromatic ring is 1. The van der Waals surface area contributed by atoms with Crippen LogP contribution in [0.3, 0.4) is 0 Å². The molecule has 3 aromatic rings. The summed E-state index contributed by atoms with van der Waals surface area (Å²) in [6, 6.07) is 17.6. The highest BCUT2D eigenvalue weighted by Gasteiger charge is 2.25. The van der Waals surface area contributed by atoms with Gasteiger partial charge in [-0.2, -0.15) is 0 Å². The molecule has 4 rings (SSSR count). The monoisotopic (exact) mass is 447 g/mol. The number of ketones is 1. The van der Waals surface area contributed by atoms with Gasteiger partial charge in [0.25, 0.3) is 5.56 Å². The Morgan fingerprint density at radius 1 is 0.939 bits per heavy atom. The summed E-state index contributed by atoms with van der Waals surface area (Å²) in [6.45, 7) is 5.35. The zero-order valence-corrected chi connectivity index (χ0v) is 19.0. The molecule has 172 valence electrons. The topological polar surface area (TPSA) is 93.6 Å². The lowest BCUT2D eigenvalue weighted by molar-refractivity contribution is 0.0924. The average molecular weight is 448 g/mol. The van der Waals surface area contributed by atoms with Crippen LogP contribution in [0.2, 0.25) is 0 Å². The number of aryl methyl sites for hydroxylation is 1. The second kappa shape index (κ2) is 9.46. The third-order valence-electron chi connectivity index (χ3n) is 6.24. The van der Waals surface area contributed by atoms with E-state index >= 15 is 0 Å². The molecular weight excluding hydrogens is 418 g/mol. The zero-order valence-electron chi connectivity index (χ0n) is 19.0. The molecule has 0 unspecified atom stereocenters. The van der Waals surface area contributed by atoms with Crippen LogP contribution < -0.4 is 21.9 Å². The maximum Gasteiger partial charge on any atom is 0.332 e. The number of carbonyl (C=O) groups is 1. The maximum atomic E-state index is 13.2. The third kappa shape index (κ3) is 4.61. The molecule has 1 fully saturated rings. The largest absolute Gasteiger partial charge is 0.384 e. The SMILES string of the molecule is Cc1ccccc1N1CCN(CC(=O)c2c(N)n(Cc3ccccc3)c(=O)n(C)c2=O)CC1. The summed E-state index contributed by atoms with van der Waals surface area (Å²) < 4.78 is 2.25. The number of piperazine rings is 1. The van der Waals surface area contributed by atoms with E-state index in [1.54, 1.807) is 0 Å². The Labute approximate surface area is 192 Å². The molecule has 0 amide bonds. The predicted octanol–water partition coefficient (Wildman–Crippen LogP) is 1.49. The van der Waals surface area contributed by atoms with Crippen LogP contribution in [0.25, 0.3) is 0 Å². The number of carbonyl (C=O) groups excluding carboxylic acids is 1. The fourth-order valence-corrected chi connectivity index (χ4v) is 4.31. The van der Waals surface area contributed by atoms with Crippen LogP contribution >= 0.6 is 0 Å². The second-order valence-electron chi connectivity index (χ2n) is 8.45. The summed E-state index contributed by atoms with van der Waals surface area (Å²) in [6.07, 6.45) is 0. The molecular formula is C25H29N5O3. The van der Waals surface area contributed by atoms with Crippen molar-refractivity contribution in [2.45, 2.75) is 13.5 Å². The first kappa shape index (κ1) is 22.5. The Bertz CT molecular complexity index is 1270. The molecule has 0 aliphatic carbocycles. The first-order valence-corrected chi connectivity index (χ1v) is 11.1. The lowest BCUT2D eigenvalue weighted by Crippen LogP contribution is -2.49. The number of hydrogen-bond acceptors (Lipinski definition) is 6. The van der Waals surface area contributed by atoms with Crippen molar-refractivity contribution >= 4 is 17.3 Å². The summed E-state index contributed by atoms with van der Waals surface area (Å²) in [4.78, 5) is 43.0. The fourth-order valence-electron chi connectivity index (χ4n) is 4.31. The van der Waals surface area contributed by atoms with Gasteiger partial charge in [0, 0.05) is 38.9 Å². The van der Waals surface area contributed by atoms with E-state index in [0.717, 1.165) is 23.2 Å². The molecule has 33 heavy (non-hydrogen) atoms. The normalized spacial score (nSPS) is 14.4. The Morgan fingerprint density at radius 2 is 1.58 bits per heavy atom. The van der Waals surface area contributed by atoms with Gasteiger partial charge in [0.15, 0.2) is 5.78 Å².